The molecule has 0 amide bonds. The maximum absolute atomic E-state index is 4.60. The Morgan fingerprint density at radius 1 is 0.935 bits per heavy atom. The van der Waals surface area contributed by atoms with Crippen molar-refractivity contribution in [2.75, 3.05) is 37.4 Å². The van der Waals surface area contributed by atoms with Crippen molar-refractivity contribution in [1.29, 1.82) is 0 Å². The molecular weight excluding hydrogens is 388 g/mol. The van der Waals surface area contributed by atoms with Crippen LogP contribution in [0.2, 0.25) is 0 Å². The summed E-state index contributed by atoms with van der Waals surface area (Å²) in [6, 6.07) is 14.7. The van der Waals surface area contributed by atoms with Crippen molar-refractivity contribution < 1.29 is 0 Å². The van der Waals surface area contributed by atoms with Crippen molar-refractivity contribution in [3.05, 3.63) is 61.3 Å². The van der Waals surface area contributed by atoms with E-state index in [2.05, 4.69) is 55.2 Å². The predicted octanol–water partition coefficient (Wildman–Crippen LogP) is 3.48. The molecule has 3 aromatic heterocycles. The van der Waals surface area contributed by atoms with Gasteiger partial charge >= 0.3 is 0 Å². The number of nitrogens with one attached hydrogen (secondary N) is 1. The fourth-order valence-electron chi connectivity index (χ4n) is 4.11. The summed E-state index contributed by atoms with van der Waals surface area (Å²) < 4.78 is 1.95. The number of pyridine rings is 1. The van der Waals surface area contributed by atoms with E-state index < -0.39 is 0 Å². The van der Waals surface area contributed by atoms with E-state index in [1.54, 1.807) is 12.7 Å². The molecule has 1 N–H and O–H groups in total. The number of anilines is 3. The Morgan fingerprint density at radius 2 is 1.77 bits per heavy atom. The fraction of sp³-hybridized carbons (Fsp3) is 0.304. The molecule has 31 heavy (non-hydrogen) atoms. The standard InChI is InChI=1S/C23H26N8/c1-29(2)17-9-11-30(12-10-17)18-7-8-21(24-14-18)28-22-13-23(26-15-25-22)31-16-27-19-5-3-4-6-20(19)31/h3-8,13-17H,9-12H2,1-2H3,(H,24,25,26,28). The lowest BCUT2D eigenvalue weighted by Crippen LogP contribution is -2.42. The molecule has 5 rings (SSSR count). The molecule has 8 heteroatoms. The van der Waals surface area contributed by atoms with Crippen LogP contribution in [0.3, 0.4) is 0 Å². The summed E-state index contributed by atoms with van der Waals surface area (Å²) in [5, 5.41) is 3.29. The highest BCUT2D eigenvalue weighted by molar-refractivity contribution is 5.77. The van der Waals surface area contributed by atoms with Crippen LogP contribution in [-0.2, 0) is 0 Å². The molecule has 0 saturated carbocycles. The predicted molar refractivity (Wildman–Crippen MR) is 123 cm³/mol. The summed E-state index contributed by atoms with van der Waals surface area (Å²) in [6.45, 7) is 2.12. The summed E-state index contributed by atoms with van der Waals surface area (Å²) >= 11 is 0. The number of benzene rings is 1. The SMILES string of the molecule is CN(C)C1CCN(c2ccc(Nc3cc(-n4cnc5ccccc54)ncn3)nc2)CC1. The molecule has 0 unspecified atom stereocenters. The highest BCUT2D eigenvalue weighted by Crippen LogP contribution is 2.23. The van der Waals surface area contributed by atoms with Crippen molar-refractivity contribution >= 4 is 28.4 Å². The Labute approximate surface area is 181 Å². The monoisotopic (exact) mass is 414 g/mol. The second-order valence-electron chi connectivity index (χ2n) is 8.07. The van der Waals surface area contributed by atoms with Gasteiger partial charge in [-0.15, -0.1) is 0 Å². The van der Waals surface area contributed by atoms with Crippen LogP contribution in [0, 0.1) is 0 Å². The number of fused-ring (bicyclic) bond motifs is 1. The number of piperidine rings is 1. The highest BCUT2D eigenvalue weighted by atomic mass is 15.2. The zero-order chi connectivity index (χ0) is 21.2. The highest BCUT2D eigenvalue weighted by Gasteiger charge is 2.20. The Kier molecular flexibility index (Phi) is 5.21. The number of nitrogens with zero attached hydrogens (tertiary/aromatic N) is 7. The molecule has 1 fully saturated rings. The number of imidazole rings is 1. The minimum absolute atomic E-state index is 0.671. The van der Waals surface area contributed by atoms with Crippen LogP contribution in [0.15, 0.2) is 61.3 Å². The minimum Gasteiger partial charge on any atom is -0.370 e. The molecule has 1 saturated heterocycles. The largest absolute Gasteiger partial charge is 0.370 e. The first kappa shape index (κ1) is 19.4. The van der Waals surface area contributed by atoms with Crippen LogP contribution in [0.5, 0.6) is 0 Å². The molecule has 0 bridgehead atoms. The van der Waals surface area contributed by atoms with Gasteiger partial charge in [0, 0.05) is 25.2 Å². The lowest BCUT2D eigenvalue weighted by atomic mass is 10.0. The van der Waals surface area contributed by atoms with Crippen molar-refractivity contribution in [3.63, 3.8) is 0 Å². The third kappa shape index (κ3) is 4.06. The molecule has 1 aliphatic heterocycles. The van der Waals surface area contributed by atoms with Gasteiger partial charge in [0.15, 0.2) is 0 Å². The molecule has 8 nitrogen and oxygen atoms in total. The first-order chi connectivity index (χ1) is 15.2. The van der Waals surface area contributed by atoms with E-state index >= 15 is 0 Å². The van der Waals surface area contributed by atoms with Crippen LogP contribution in [-0.4, -0.2) is 62.6 Å². The number of aromatic nitrogens is 5. The summed E-state index contributed by atoms with van der Waals surface area (Å²) in [5.41, 5.74) is 3.10. The number of rotatable bonds is 5. The molecule has 1 aromatic carbocycles. The smallest absolute Gasteiger partial charge is 0.143 e. The molecule has 0 aliphatic carbocycles. The average Bonchev–Trinajstić information content (AvgIpc) is 3.24. The van der Waals surface area contributed by atoms with Gasteiger partial charge in [0.2, 0.25) is 0 Å². The van der Waals surface area contributed by atoms with Crippen molar-refractivity contribution in [1.82, 2.24) is 29.4 Å². The lowest BCUT2D eigenvalue weighted by molar-refractivity contribution is 0.249. The zero-order valence-electron chi connectivity index (χ0n) is 17.8. The average molecular weight is 415 g/mol. The van der Waals surface area contributed by atoms with Gasteiger partial charge in [-0.2, -0.15) is 0 Å². The van der Waals surface area contributed by atoms with Crippen molar-refractivity contribution in [2.24, 2.45) is 0 Å². The summed E-state index contributed by atoms with van der Waals surface area (Å²) in [4.78, 5) is 22.5. The van der Waals surface area contributed by atoms with Crippen LogP contribution in [0.1, 0.15) is 12.8 Å². The van der Waals surface area contributed by atoms with Crippen molar-refractivity contribution in [3.8, 4) is 5.82 Å². The molecule has 4 heterocycles. The quantitative estimate of drug-likeness (QED) is 0.536. The van der Waals surface area contributed by atoms with Gasteiger partial charge in [0.1, 0.15) is 30.1 Å². The fourth-order valence-corrected chi connectivity index (χ4v) is 4.11. The molecule has 1 aliphatic rings. The van der Waals surface area contributed by atoms with Crippen molar-refractivity contribution in [2.45, 2.75) is 18.9 Å². The van der Waals surface area contributed by atoms with Gasteiger partial charge in [-0.1, -0.05) is 12.1 Å². The normalized spacial score (nSPS) is 15.0. The molecular formula is C23H26N8. The van der Waals surface area contributed by atoms with Gasteiger partial charge in [-0.25, -0.2) is 19.9 Å². The van der Waals surface area contributed by atoms with Gasteiger partial charge in [0.05, 0.1) is 22.9 Å². The molecule has 158 valence electrons. The summed E-state index contributed by atoms with van der Waals surface area (Å²) in [6.07, 6.45) is 7.63. The topological polar surface area (TPSA) is 75.0 Å². The molecule has 4 aromatic rings. The van der Waals surface area contributed by atoms with Gasteiger partial charge in [-0.3, -0.25) is 4.57 Å². The third-order valence-corrected chi connectivity index (χ3v) is 5.92. The third-order valence-electron chi connectivity index (χ3n) is 5.92. The van der Waals surface area contributed by atoms with E-state index in [1.807, 2.05) is 47.2 Å². The Morgan fingerprint density at radius 3 is 2.55 bits per heavy atom. The second kappa shape index (κ2) is 8.31. The van der Waals surface area contributed by atoms with Gasteiger partial charge < -0.3 is 15.1 Å². The van der Waals surface area contributed by atoms with E-state index in [9.17, 15) is 0 Å². The Balaban J connectivity index is 1.29. The van der Waals surface area contributed by atoms with E-state index in [0.29, 0.717) is 11.9 Å². The minimum atomic E-state index is 0.671. The maximum Gasteiger partial charge on any atom is 0.143 e. The zero-order valence-corrected chi connectivity index (χ0v) is 17.8. The van der Waals surface area contributed by atoms with Crippen LogP contribution < -0.4 is 10.2 Å². The molecule has 0 radical (unpaired) electrons. The summed E-state index contributed by atoms with van der Waals surface area (Å²) in [5.74, 6) is 2.20. The van der Waals surface area contributed by atoms with E-state index in [1.165, 1.54) is 12.8 Å². The number of para-hydroxylation sites is 2. The van der Waals surface area contributed by atoms with Crippen LogP contribution in [0.4, 0.5) is 17.3 Å². The lowest BCUT2D eigenvalue weighted by Gasteiger charge is -2.36. The van der Waals surface area contributed by atoms with Crippen LogP contribution >= 0.6 is 0 Å². The Bertz CT molecular complexity index is 1160. The maximum atomic E-state index is 4.60. The first-order valence-electron chi connectivity index (χ1n) is 10.6. The number of hydrogen-bond donors (Lipinski definition) is 1. The van der Waals surface area contributed by atoms with Crippen LogP contribution in [0.25, 0.3) is 16.9 Å². The second-order valence-corrected chi connectivity index (χ2v) is 8.07. The van der Waals surface area contributed by atoms with Gasteiger partial charge in [0.25, 0.3) is 0 Å². The Hall–Kier alpha value is -3.52. The van der Waals surface area contributed by atoms with E-state index in [0.717, 1.165) is 41.4 Å². The summed E-state index contributed by atoms with van der Waals surface area (Å²) in [7, 11) is 4.33. The first-order valence-corrected chi connectivity index (χ1v) is 10.6. The molecule has 0 spiro atoms. The van der Waals surface area contributed by atoms with E-state index in [4.69, 9.17) is 0 Å². The van der Waals surface area contributed by atoms with E-state index in [-0.39, 0.29) is 0 Å². The van der Waals surface area contributed by atoms with Gasteiger partial charge in [-0.05, 0) is 51.2 Å². The molecule has 0 atom stereocenters. The number of hydrogen-bond acceptors (Lipinski definition) is 7.